The lowest BCUT2D eigenvalue weighted by Crippen LogP contribution is -2.31. The van der Waals surface area contributed by atoms with Crippen LogP contribution in [-0.2, 0) is 16.0 Å². The van der Waals surface area contributed by atoms with Crippen molar-refractivity contribution in [1.82, 2.24) is 9.88 Å². The van der Waals surface area contributed by atoms with Gasteiger partial charge in [0.2, 0.25) is 0 Å². The van der Waals surface area contributed by atoms with Crippen molar-refractivity contribution in [3.63, 3.8) is 0 Å². The van der Waals surface area contributed by atoms with Crippen LogP contribution in [0, 0.1) is 0 Å². The van der Waals surface area contributed by atoms with Gasteiger partial charge < -0.3 is 29.2 Å². The zero-order valence-corrected chi connectivity index (χ0v) is 21.4. The molecule has 194 valence electrons. The summed E-state index contributed by atoms with van der Waals surface area (Å²) < 4.78 is 16.1. The van der Waals surface area contributed by atoms with E-state index in [2.05, 4.69) is 4.98 Å². The average molecular weight is 513 g/mol. The summed E-state index contributed by atoms with van der Waals surface area (Å²) in [6, 6.07) is 19.0. The molecule has 0 spiro atoms. The summed E-state index contributed by atoms with van der Waals surface area (Å²) in [4.78, 5) is 31.5. The van der Waals surface area contributed by atoms with E-state index in [-0.39, 0.29) is 17.9 Å². The Bertz CT molecular complexity index is 1540. The fourth-order valence-electron chi connectivity index (χ4n) is 4.96. The molecule has 1 fully saturated rings. The summed E-state index contributed by atoms with van der Waals surface area (Å²) in [6.45, 7) is 0.269. The largest absolute Gasteiger partial charge is 0.507 e. The van der Waals surface area contributed by atoms with Crippen molar-refractivity contribution in [2.45, 2.75) is 12.5 Å². The van der Waals surface area contributed by atoms with Crippen LogP contribution in [0.25, 0.3) is 16.7 Å². The number of para-hydroxylation sites is 1. The Morgan fingerprint density at radius 2 is 1.66 bits per heavy atom. The van der Waals surface area contributed by atoms with Crippen LogP contribution in [0.15, 0.2) is 78.5 Å². The van der Waals surface area contributed by atoms with Crippen molar-refractivity contribution >= 4 is 28.4 Å². The number of rotatable bonds is 8. The molecule has 2 heterocycles. The minimum absolute atomic E-state index is 0.0197. The Labute approximate surface area is 220 Å². The number of ketones is 1. The topological polar surface area (TPSA) is 101 Å². The second-order valence-corrected chi connectivity index (χ2v) is 8.94. The first kappa shape index (κ1) is 25.0. The second kappa shape index (κ2) is 10.3. The predicted molar refractivity (Wildman–Crippen MR) is 144 cm³/mol. The van der Waals surface area contributed by atoms with Crippen LogP contribution in [-0.4, -0.2) is 54.6 Å². The molecular formula is C30H28N2O6. The SMILES string of the molecule is COc1ccc(C(O)=C2C(=O)C(=O)N(CCc3c[nH]c4ccccc34)[C@@H]2c2ccc(OC)c(OC)c2)cc1. The number of hydrogen-bond acceptors (Lipinski definition) is 6. The highest BCUT2D eigenvalue weighted by atomic mass is 16.5. The molecule has 1 aromatic heterocycles. The van der Waals surface area contributed by atoms with E-state index in [1.165, 1.54) is 19.1 Å². The third-order valence-electron chi connectivity index (χ3n) is 6.92. The Hall–Kier alpha value is -4.72. The number of carbonyl (C=O) groups excluding carboxylic acids is 2. The van der Waals surface area contributed by atoms with Crippen molar-refractivity contribution in [3.8, 4) is 17.2 Å². The second-order valence-electron chi connectivity index (χ2n) is 8.94. The molecule has 4 aromatic rings. The average Bonchev–Trinajstić information content (AvgIpc) is 3.49. The first-order valence-electron chi connectivity index (χ1n) is 12.2. The number of nitrogens with one attached hydrogen (secondary N) is 1. The fraction of sp³-hybridized carbons (Fsp3) is 0.200. The van der Waals surface area contributed by atoms with E-state index in [0.717, 1.165) is 16.5 Å². The highest BCUT2D eigenvalue weighted by Crippen LogP contribution is 2.42. The summed E-state index contributed by atoms with van der Waals surface area (Å²) >= 11 is 0. The minimum Gasteiger partial charge on any atom is -0.507 e. The number of aliphatic hydroxyl groups excluding tert-OH is 1. The van der Waals surface area contributed by atoms with E-state index in [1.54, 1.807) is 49.6 Å². The standard InChI is InChI=1S/C30H28N2O6/c1-36-21-11-8-18(9-12-21)28(33)26-27(19-10-13-24(37-2)25(16-19)38-3)32(30(35)29(26)34)15-14-20-17-31-23-7-5-4-6-22(20)23/h4-13,16-17,27,31,33H,14-15H2,1-3H3/t27-/m1/s1. The number of Topliss-reactive ketones (excluding diaryl/α,β-unsaturated/α-hetero) is 1. The van der Waals surface area contributed by atoms with Crippen LogP contribution in [0.4, 0.5) is 0 Å². The van der Waals surface area contributed by atoms with E-state index < -0.39 is 17.7 Å². The van der Waals surface area contributed by atoms with Gasteiger partial charge >= 0.3 is 0 Å². The number of amides is 1. The maximum atomic E-state index is 13.4. The molecule has 1 atom stereocenters. The van der Waals surface area contributed by atoms with Gasteiger partial charge in [0.05, 0.1) is 32.9 Å². The third-order valence-corrected chi connectivity index (χ3v) is 6.92. The number of nitrogens with zero attached hydrogens (tertiary/aromatic N) is 1. The Morgan fingerprint density at radius 1 is 0.921 bits per heavy atom. The highest BCUT2D eigenvalue weighted by molar-refractivity contribution is 6.46. The highest BCUT2D eigenvalue weighted by Gasteiger charge is 2.46. The number of aromatic nitrogens is 1. The van der Waals surface area contributed by atoms with Gasteiger partial charge in [0.1, 0.15) is 11.5 Å². The summed E-state index contributed by atoms with van der Waals surface area (Å²) in [5.41, 5.74) is 3.08. The number of carbonyl (C=O) groups is 2. The lowest BCUT2D eigenvalue weighted by atomic mass is 9.94. The molecule has 1 amide bonds. The van der Waals surface area contributed by atoms with Gasteiger partial charge in [-0.05, 0) is 60.0 Å². The molecule has 8 heteroatoms. The smallest absolute Gasteiger partial charge is 0.295 e. The molecule has 0 unspecified atom stereocenters. The number of benzene rings is 3. The van der Waals surface area contributed by atoms with Gasteiger partial charge in [0.15, 0.2) is 11.5 Å². The maximum Gasteiger partial charge on any atom is 0.295 e. The van der Waals surface area contributed by atoms with Crippen LogP contribution in [0.2, 0.25) is 0 Å². The molecule has 1 aliphatic heterocycles. The van der Waals surface area contributed by atoms with Gasteiger partial charge in [0.25, 0.3) is 11.7 Å². The summed E-state index contributed by atoms with van der Waals surface area (Å²) in [5, 5.41) is 12.4. The van der Waals surface area contributed by atoms with Gasteiger partial charge in [-0.15, -0.1) is 0 Å². The van der Waals surface area contributed by atoms with Crippen molar-refractivity contribution in [2.24, 2.45) is 0 Å². The predicted octanol–water partition coefficient (Wildman–Crippen LogP) is 4.86. The molecule has 0 bridgehead atoms. The number of methoxy groups -OCH3 is 3. The molecule has 8 nitrogen and oxygen atoms in total. The first-order valence-corrected chi connectivity index (χ1v) is 12.2. The molecule has 0 radical (unpaired) electrons. The van der Waals surface area contributed by atoms with E-state index in [0.29, 0.717) is 34.8 Å². The Morgan fingerprint density at radius 3 is 2.37 bits per heavy atom. The molecule has 0 aliphatic carbocycles. The number of H-pyrrole nitrogens is 1. The van der Waals surface area contributed by atoms with Crippen molar-refractivity contribution in [1.29, 1.82) is 0 Å². The van der Waals surface area contributed by atoms with Gasteiger partial charge in [-0.2, -0.15) is 0 Å². The number of ether oxygens (including phenoxy) is 3. The van der Waals surface area contributed by atoms with Crippen LogP contribution in [0.5, 0.6) is 17.2 Å². The number of likely N-dealkylation sites (tertiary alicyclic amines) is 1. The molecule has 0 saturated carbocycles. The lowest BCUT2D eigenvalue weighted by Gasteiger charge is -2.26. The van der Waals surface area contributed by atoms with Gasteiger partial charge in [0, 0.05) is 29.2 Å². The Balaban J connectivity index is 1.59. The fourth-order valence-corrected chi connectivity index (χ4v) is 4.96. The zero-order chi connectivity index (χ0) is 26.8. The molecule has 1 aliphatic rings. The quantitative estimate of drug-likeness (QED) is 0.199. The molecule has 38 heavy (non-hydrogen) atoms. The van der Waals surface area contributed by atoms with Gasteiger partial charge in [-0.1, -0.05) is 24.3 Å². The monoisotopic (exact) mass is 512 g/mol. The van der Waals surface area contributed by atoms with E-state index in [4.69, 9.17) is 14.2 Å². The third kappa shape index (κ3) is 4.34. The van der Waals surface area contributed by atoms with Gasteiger partial charge in [-0.3, -0.25) is 9.59 Å². The van der Waals surface area contributed by atoms with E-state index >= 15 is 0 Å². The molecule has 2 N–H and O–H groups in total. The van der Waals surface area contributed by atoms with Crippen LogP contribution >= 0.6 is 0 Å². The van der Waals surface area contributed by atoms with E-state index in [9.17, 15) is 14.7 Å². The number of aliphatic hydroxyl groups is 1. The van der Waals surface area contributed by atoms with Gasteiger partial charge in [-0.25, -0.2) is 0 Å². The van der Waals surface area contributed by atoms with E-state index in [1.807, 2.05) is 30.5 Å². The van der Waals surface area contributed by atoms with Crippen molar-refractivity contribution in [3.05, 3.63) is 95.2 Å². The van der Waals surface area contributed by atoms with Crippen LogP contribution < -0.4 is 14.2 Å². The van der Waals surface area contributed by atoms with Crippen LogP contribution in [0.1, 0.15) is 22.7 Å². The molecule has 3 aromatic carbocycles. The van der Waals surface area contributed by atoms with Crippen LogP contribution in [0.3, 0.4) is 0 Å². The molecule has 1 saturated heterocycles. The summed E-state index contributed by atoms with van der Waals surface area (Å²) in [5.74, 6) is -0.0758. The number of hydrogen-bond donors (Lipinski definition) is 2. The van der Waals surface area contributed by atoms with Crippen molar-refractivity contribution < 1.29 is 28.9 Å². The summed E-state index contributed by atoms with van der Waals surface area (Å²) in [6.07, 6.45) is 2.44. The van der Waals surface area contributed by atoms with Crippen molar-refractivity contribution in [2.75, 3.05) is 27.9 Å². The molecular weight excluding hydrogens is 484 g/mol. The zero-order valence-electron chi connectivity index (χ0n) is 21.4. The first-order chi connectivity index (χ1) is 18.5. The minimum atomic E-state index is -0.817. The lowest BCUT2D eigenvalue weighted by molar-refractivity contribution is -0.139. The number of aromatic amines is 1. The maximum absolute atomic E-state index is 13.4. The molecule has 5 rings (SSSR count). The number of fused-ring (bicyclic) bond motifs is 1. The summed E-state index contributed by atoms with van der Waals surface area (Å²) in [7, 11) is 4.60. The Kier molecular flexibility index (Phi) is 6.79. The normalized spacial score (nSPS) is 16.7.